The summed E-state index contributed by atoms with van der Waals surface area (Å²) < 4.78 is 9.99. The second-order valence-corrected chi connectivity index (χ2v) is 3.27. The highest BCUT2D eigenvalue weighted by Crippen LogP contribution is 2.23. The van der Waals surface area contributed by atoms with Crippen molar-refractivity contribution in [2.45, 2.75) is 20.1 Å². The van der Waals surface area contributed by atoms with Crippen molar-refractivity contribution in [1.82, 2.24) is 0 Å². The van der Waals surface area contributed by atoms with Crippen LogP contribution in [0.2, 0.25) is 0 Å². The van der Waals surface area contributed by atoms with Gasteiger partial charge in [0.1, 0.15) is 5.75 Å². The Labute approximate surface area is 84.3 Å². The van der Waals surface area contributed by atoms with Crippen molar-refractivity contribution in [2.24, 2.45) is 0 Å². The molecule has 0 aliphatic carbocycles. The van der Waals surface area contributed by atoms with Gasteiger partial charge in [0.2, 0.25) is 0 Å². The van der Waals surface area contributed by atoms with E-state index in [1.54, 1.807) is 20.3 Å². The van der Waals surface area contributed by atoms with Crippen LogP contribution >= 0.6 is 0 Å². The van der Waals surface area contributed by atoms with E-state index in [2.05, 4.69) is 0 Å². The summed E-state index contributed by atoms with van der Waals surface area (Å²) in [6.07, 6.45) is 0. The van der Waals surface area contributed by atoms with Crippen molar-refractivity contribution in [3.63, 3.8) is 0 Å². The van der Waals surface area contributed by atoms with Crippen LogP contribution in [-0.4, -0.2) is 19.3 Å². The molecule has 0 fully saturated rings. The molecule has 1 rings (SSSR count). The van der Waals surface area contributed by atoms with Gasteiger partial charge in [-0.2, -0.15) is 0 Å². The standard InChI is InChI=1S/C11H16O3/c1-8-4-10(7-14-3)11(12)5-9(8)6-13-2/h4-5,12H,6-7H2,1-3H3. The van der Waals surface area contributed by atoms with Crippen LogP contribution in [0.15, 0.2) is 12.1 Å². The number of rotatable bonds is 4. The summed E-state index contributed by atoms with van der Waals surface area (Å²) in [6.45, 7) is 2.94. The zero-order chi connectivity index (χ0) is 10.6. The average Bonchev–Trinajstić information content (AvgIpc) is 2.14. The average molecular weight is 196 g/mol. The first-order valence-corrected chi connectivity index (χ1v) is 4.48. The molecule has 0 bridgehead atoms. The van der Waals surface area contributed by atoms with E-state index in [1.807, 2.05) is 13.0 Å². The molecule has 0 unspecified atom stereocenters. The van der Waals surface area contributed by atoms with Crippen molar-refractivity contribution in [1.29, 1.82) is 0 Å². The van der Waals surface area contributed by atoms with E-state index in [9.17, 15) is 5.11 Å². The van der Waals surface area contributed by atoms with Gasteiger partial charge in [-0.05, 0) is 30.2 Å². The maximum absolute atomic E-state index is 9.64. The Kier molecular flexibility index (Phi) is 3.92. The van der Waals surface area contributed by atoms with Crippen molar-refractivity contribution in [2.75, 3.05) is 14.2 Å². The fourth-order valence-corrected chi connectivity index (χ4v) is 1.38. The van der Waals surface area contributed by atoms with Gasteiger partial charge in [0.25, 0.3) is 0 Å². The smallest absolute Gasteiger partial charge is 0.121 e. The second-order valence-electron chi connectivity index (χ2n) is 3.27. The molecule has 0 aliphatic heterocycles. The van der Waals surface area contributed by atoms with Crippen LogP contribution in [-0.2, 0) is 22.7 Å². The highest BCUT2D eigenvalue weighted by atomic mass is 16.5. The van der Waals surface area contributed by atoms with Crippen LogP contribution in [0, 0.1) is 6.92 Å². The lowest BCUT2D eigenvalue weighted by atomic mass is 10.0. The third-order valence-electron chi connectivity index (χ3n) is 2.14. The van der Waals surface area contributed by atoms with Crippen molar-refractivity contribution in [3.05, 3.63) is 28.8 Å². The fraction of sp³-hybridized carbons (Fsp3) is 0.455. The van der Waals surface area contributed by atoms with Crippen LogP contribution in [0.5, 0.6) is 5.75 Å². The number of methoxy groups -OCH3 is 2. The SMILES string of the molecule is COCc1cc(O)c(COC)cc1C. The number of phenolic OH excluding ortho intramolecular Hbond substituents is 1. The largest absolute Gasteiger partial charge is 0.508 e. The van der Waals surface area contributed by atoms with Gasteiger partial charge in [0.05, 0.1) is 13.2 Å². The van der Waals surface area contributed by atoms with Gasteiger partial charge in [-0.25, -0.2) is 0 Å². The van der Waals surface area contributed by atoms with E-state index in [0.29, 0.717) is 13.2 Å². The van der Waals surface area contributed by atoms with Gasteiger partial charge in [0.15, 0.2) is 0 Å². The third kappa shape index (κ3) is 2.47. The highest BCUT2D eigenvalue weighted by molar-refractivity contribution is 5.40. The molecule has 0 radical (unpaired) electrons. The molecule has 1 aromatic rings. The Bertz CT molecular complexity index is 276. The molecule has 0 saturated heterocycles. The number of ether oxygens (including phenoxy) is 2. The molecule has 3 nitrogen and oxygen atoms in total. The van der Waals surface area contributed by atoms with E-state index in [0.717, 1.165) is 16.7 Å². The van der Waals surface area contributed by atoms with E-state index >= 15 is 0 Å². The lowest BCUT2D eigenvalue weighted by Crippen LogP contribution is -1.96. The molecular formula is C11H16O3. The third-order valence-corrected chi connectivity index (χ3v) is 2.14. The predicted octanol–water partition coefficient (Wildman–Crippen LogP) is 1.99. The Morgan fingerprint density at radius 2 is 1.64 bits per heavy atom. The van der Waals surface area contributed by atoms with E-state index < -0.39 is 0 Å². The van der Waals surface area contributed by atoms with Gasteiger partial charge < -0.3 is 14.6 Å². The molecule has 14 heavy (non-hydrogen) atoms. The number of hydrogen-bond donors (Lipinski definition) is 1. The number of aromatic hydroxyl groups is 1. The van der Waals surface area contributed by atoms with Crippen molar-refractivity contribution >= 4 is 0 Å². The zero-order valence-electron chi connectivity index (χ0n) is 8.83. The lowest BCUT2D eigenvalue weighted by molar-refractivity contribution is 0.179. The Morgan fingerprint density at radius 3 is 2.21 bits per heavy atom. The lowest BCUT2D eigenvalue weighted by Gasteiger charge is -2.09. The van der Waals surface area contributed by atoms with Gasteiger partial charge >= 0.3 is 0 Å². The summed E-state index contributed by atoms with van der Waals surface area (Å²) in [7, 11) is 3.25. The van der Waals surface area contributed by atoms with E-state index in [4.69, 9.17) is 9.47 Å². The van der Waals surface area contributed by atoms with Crippen LogP contribution in [0.4, 0.5) is 0 Å². The number of aryl methyl sites for hydroxylation is 1. The van der Waals surface area contributed by atoms with Crippen LogP contribution in [0.1, 0.15) is 16.7 Å². The number of hydrogen-bond acceptors (Lipinski definition) is 3. The molecule has 0 saturated carbocycles. The minimum atomic E-state index is 0.268. The monoisotopic (exact) mass is 196 g/mol. The summed E-state index contributed by atoms with van der Waals surface area (Å²) in [6, 6.07) is 3.65. The molecular weight excluding hydrogens is 180 g/mol. The first-order valence-electron chi connectivity index (χ1n) is 4.48. The van der Waals surface area contributed by atoms with E-state index in [-0.39, 0.29) is 5.75 Å². The molecule has 0 aliphatic rings. The maximum Gasteiger partial charge on any atom is 0.121 e. The topological polar surface area (TPSA) is 38.7 Å². The first-order chi connectivity index (χ1) is 6.69. The summed E-state index contributed by atoms with van der Waals surface area (Å²) in [5.41, 5.74) is 2.92. The summed E-state index contributed by atoms with van der Waals surface area (Å²) in [4.78, 5) is 0. The summed E-state index contributed by atoms with van der Waals surface area (Å²) in [5.74, 6) is 0.268. The molecule has 0 heterocycles. The predicted molar refractivity (Wildman–Crippen MR) is 54.3 cm³/mol. The first kappa shape index (κ1) is 11.0. The van der Waals surface area contributed by atoms with Crippen LogP contribution < -0.4 is 0 Å². The molecule has 0 amide bonds. The summed E-state index contributed by atoms with van der Waals surface area (Å²) >= 11 is 0. The Hall–Kier alpha value is -1.06. The highest BCUT2D eigenvalue weighted by Gasteiger charge is 2.05. The Balaban J connectivity index is 2.97. The van der Waals surface area contributed by atoms with Gasteiger partial charge in [0, 0.05) is 19.8 Å². The van der Waals surface area contributed by atoms with Crippen molar-refractivity contribution < 1.29 is 14.6 Å². The minimum Gasteiger partial charge on any atom is -0.508 e. The minimum absolute atomic E-state index is 0.268. The van der Waals surface area contributed by atoms with Crippen LogP contribution in [0.25, 0.3) is 0 Å². The normalized spacial score (nSPS) is 10.5. The number of benzene rings is 1. The molecule has 3 heteroatoms. The molecule has 1 N–H and O–H groups in total. The zero-order valence-corrected chi connectivity index (χ0v) is 8.83. The van der Waals surface area contributed by atoms with Gasteiger partial charge in [-0.1, -0.05) is 0 Å². The van der Waals surface area contributed by atoms with Gasteiger partial charge in [-0.15, -0.1) is 0 Å². The molecule has 0 spiro atoms. The Morgan fingerprint density at radius 1 is 1.07 bits per heavy atom. The quantitative estimate of drug-likeness (QED) is 0.800. The molecule has 78 valence electrons. The molecule has 1 aromatic carbocycles. The van der Waals surface area contributed by atoms with Crippen LogP contribution in [0.3, 0.4) is 0 Å². The number of phenols is 1. The summed E-state index contributed by atoms with van der Waals surface area (Å²) in [5, 5.41) is 9.64. The molecule has 0 atom stereocenters. The van der Waals surface area contributed by atoms with E-state index in [1.165, 1.54) is 0 Å². The van der Waals surface area contributed by atoms with Gasteiger partial charge in [-0.3, -0.25) is 0 Å². The second kappa shape index (κ2) is 4.98. The van der Waals surface area contributed by atoms with Crippen molar-refractivity contribution in [3.8, 4) is 5.75 Å². The fourth-order valence-electron chi connectivity index (χ4n) is 1.38. The molecule has 0 aromatic heterocycles. The maximum atomic E-state index is 9.64.